The largest absolute Gasteiger partial charge is 0.497 e. The highest BCUT2D eigenvalue weighted by Crippen LogP contribution is 2.34. The normalized spacial score (nSPS) is 11.0. The highest BCUT2D eigenvalue weighted by molar-refractivity contribution is 6.06. The Morgan fingerprint density at radius 1 is 0.944 bits per heavy atom. The van der Waals surface area contributed by atoms with E-state index >= 15 is 8.78 Å². The van der Waals surface area contributed by atoms with E-state index in [2.05, 4.69) is 10.1 Å². The van der Waals surface area contributed by atoms with Crippen molar-refractivity contribution in [3.05, 3.63) is 94.3 Å². The highest BCUT2D eigenvalue weighted by Gasteiger charge is 2.27. The lowest BCUT2D eigenvalue weighted by Gasteiger charge is -2.13. The molecule has 36 heavy (non-hydrogen) atoms. The van der Waals surface area contributed by atoms with E-state index in [9.17, 15) is 18.4 Å². The van der Waals surface area contributed by atoms with Crippen LogP contribution in [0.25, 0.3) is 16.9 Å². The molecule has 0 aliphatic carbocycles. The van der Waals surface area contributed by atoms with Gasteiger partial charge in [-0.3, -0.25) is 14.3 Å². The lowest BCUT2D eigenvalue weighted by atomic mass is 10.1. The number of methoxy groups -OCH3 is 1. The van der Waals surface area contributed by atoms with E-state index in [1.807, 2.05) is 0 Å². The van der Waals surface area contributed by atoms with Crippen LogP contribution < -0.4 is 20.3 Å². The zero-order valence-corrected chi connectivity index (χ0v) is 19.0. The maximum absolute atomic E-state index is 15.1. The van der Waals surface area contributed by atoms with E-state index in [-0.39, 0.29) is 28.4 Å². The molecule has 0 atom stereocenters. The molecule has 0 spiro atoms. The van der Waals surface area contributed by atoms with Crippen LogP contribution in [-0.2, 0) is 7.05 Å². The van der Waals surface area contributed by atoms with Gasteiger partial charge in [0.2, 0.25) is 0 Å². The van der Waals surface area contributed by atoms with Gasteiger partial charge in [0.05, 0.1) is 18.4 Å². The number of amides is 1. The van der Waals surface area contributed by atoms with Gasteiger partial charge in [-0.05, 0) is 36.4 Å². The molecule has 0 saturated carbocycles. The molecular formula is C25H19F4N3O4. The Labute approximate surface area is 202 Å². The molecule has 1 heterocycles. The zero-order valence-electron chi connectivity index (χ0n) is 19.0. The molecule has 7 nitrogen and oxygen atoms in total. The van der Waals surface area contributed by atoms with E-state index in [0.29, 0.717) is 5.69 Å². The molecule has 0 aliphatic heterocycles. The minimum Gasteiger partial charge on any atom is -0.497 e. The fraction of sp³-hybridized carbons (Fsp3) is 0.120. The first kappa shape index (κ1) is 24.6. The van der Waals surface area contributed by atoms with Gasteiger partial charge in [0.25, 0.3) is 11.5 Å². The Morgan fingerprint density at radius 3 is 2.11 bits per heavy atom. The van der Waals surface area contributed by atoms with Gasteiger partial charge in [0.1, 0.15) is 34.5 Å². The van der Waals surface area contributed by atoms with Crippen molar-refractivity contribution in [1.82, 2.24) is 9.36 Å². The molecule has 11 heteroatoms. The van der Waals surface area contributed by atoms with Gasteiger partial charge in [-0.2, -0.15) is 8.78 Å². The average molecular weight is 501 g/mol. The van der Waals surface area contributed by atoms with Crippen LogP contribution in [0.1, 0.15) is 10.4 Å². The van der Waals surface area contributed by atoms with Crippen LogP contribution in [0.2, 0.25) is 0 Å². The molecule has 1 amide bonds. The smallest absolute Gasteiger partial charge is 0.387 e. The number of nitrogens with zero attached hydrogens (tertiary/aromatic N) is 2. The average Bonchev–Trinajstić information content (AvgIpc) is 3.08. The maximum atomic E-state index is 15.1. The van der Waals surface area contributed by atoms with Gasteiger partial charge >= 0.3 is 6.61 Å². The third kappa shape index (κ3) is 4.67. The van der Waals surface area contributed by atoms with Crippen molar-refractivity contribution in [3.63, 3.8) is 0 Å². The standard InChI is InChI=1S/C25H19F4N3O4/c1-31-22(20-18(26)12-17(35-2)13-19(20)27)21(24(34)32(31)15-6-4-3-5-7-15)30-23(33)14-8-10-16(11-9-14)36-25(28)29/h3-13,25H,1-2H3,(H,30,33). The second kappa shape index (κ2) is 9.98. The second-order valence-electron chi connectivity index (χ2n) is 7.52. The Kier molecular flexibility index (Phi) is 6.82. The topological polar surface area (TPSA) is 74.5 Å². The van der Waals surface area contributed by atoms with Crippen molar-refractivity contribution in [2.45, 2.75) is 6.61 Å². The number of alkyl halides is 2. The summed E-state index contributed by atoms with van der Waals surface area (Å²) in [4.78, 5) is 26.4. The van der Waals surface area contributed by atoms with Gasteiger partial charge < -0.3 is 14.8 Å². The lowest BCUT2D eigenvalue weighted by Crippen LogP contribution is -2.22. The van der Waals surface area contributed by atoms with Crippen molar-refractivity contribution in [2.24, 2.45) is 7.05 Å². The van der Waals surface area contributed by atoms with Crippen LogP contribution >= 0.6 is 0 Å². The molecule has 4 rings (SSSR count). The number of benzene rings is 3. The van der Waals surface area contributed by atoms with Crippen molar-refractivity contribution in [1.29, 1.82) is 0 Å². The predicted molar refractivity (Wildman–Crippen MR) is 124 cm³/mol. The van der Waals surface area contributed by atoms with Crippen molar-refractivity contribution >= 4 is 11.6 Å². The van der Waals surface area contributed by atoms with Crippen LogP contribution in [-0.4, -0.2) is 29.0 Å². The molecule has 4 aromatic rings. The maximum Gasteiger partial charge on any atom is 0.387 e. The second-order valence-corrected chi connectivity index (χ2v) is 7.52. The van der Waals surface area contributed by atoms with Crippen molar-refractivity contribution in [2.75, 3.05) is 12.4 Å². The van der Waals surface area contributed by atoms with E-state index < -0.39 is 35.3 Å². The number of carbonyl (C=O) groups is 1. The van der Waals surface area contributed by atoms with Gasteiger partial charge in [-0.15, -0.1) is 0 Å². The Balaban J connectivity index is 1.85. The summed E-state index contributed by atoms with van der Waals surface area (Å²) in [6.45, 7) is -3.04. The van der Waals surface area contributed by atoms with Crippen LogP contribution in [0.15, 0.2) is 71.5 Å². The molecule has 0 bridgehead atoms. The number of anilines is 1. The van der Waals surface area contributed by atoms with E-state index in [4.69, 9.17) is 4.74 Å². The number of ether oxygens (including phenoxy) is 2. The van der Waals surface area contributed by atoms with E-state index in [1.165, 1.54) is 31.0 Å². The number of aromatic nitrogens is 2. The van der Waals surface area contributed by atoms with Crippen LogP contribution in [0.4, 0.5) is 23.2 Å². The number of para-hydroxylation sites is 1. The van der Waals surface area contributed by atoms with Crippen molar-refractivity contribution < 1.29 is 31.8 Å². The van der Waals surface area contributed by atoms with Gasteiger partial charge in [0.15, 0.2) is 0 Å². The van der Waals surface area contributed by atoms with Crippen LogP contribution in [0, 0.1) is 11.6 Å². The predicted octanol–water partition coefficient (Wildman–Crippen LogP) is 4.98. The molecule has 3 aromatic carbocycles. The molecule has 0 unspecified atom stereocenters. The first-order chi connectivity index (χ1) is 17.2. The van der Waals surface area contributed by atoms with E-state index in [0.717, 1.165) is 28.9 Å². The fourth-order valence-corrected chi connectivity index (χ4v) is 3.73. The molecule has 1 N–H and O–H groups in total. The molecule has 0 saturated heterocycles. The first-order valence-corrected chi connectivity index (χ1v) is 10.5. The van der Waals surface area contributed by atoms with Crippen LogP contribution in [0.3, 0.4) is 0 Å². The number of hydrogen-bond donors (Lipinski definition) is 1. The number of nitrogens with one attached hydrogen (secondary N) is 1. The number of carbonyl (C=O) groups excluding carboxylic acids is 1. The van der Waals surface area contributed by atoms with Gasteiger partial charge in [-0.25, -0.2) is 13.5 Å². The first-order valence-electron chi connectivity index (χ1n) is 10.5. The summed E-state index contributed by atoms with van der Waals surface area (Å²) in [5, 5.41) is 2.42. The summed E-state index contributed by atoms with van der Waals surface area (Å²) in [6, 6.07) is 14.9. The zero-order chi connectivity index (χ0) is 26.0. The van der Waals surface area contributed by atoms with Crippen LogP contribution in [0.5, 0.6) is 11.5 Å². The molecule has 186 valence electrons. The summed E-state index contributed by atoms with van der Waals surface area (Å²) >= 11 is 0. The summed E-state index contributed by atoms with van der Waals surface area (Å²) in [7, 11) is 2.66. The number of rotatable bonds is 7. The number of halogens is 4. The highest BCUT2D eigenvalue weighted by atomic mass is 19.3. The molecular weight excluding hydrogens is 482 g/mol. The Hall–Kier alpha value is -4.54. The molecule has 1 aromatic heterocycles. The SMILES string of the molecule is COc1cc(F)c(-c2c(NC(=O)c3ccc(OC(F)F)cc3)c(=O)n(-c3ccccc3)n2C)c(F)c1. The summed E-state index contributed by atoms with van der Waals surface area (Å²) < 4.78 is 66.5. The lowest BCUT2D eigenvalue weighted by molar-refractivity contribution is -0.0498. The minimum absolute atomic E-state index is 0.00671. The summed E-state index contributed by atoms with van der Waals surface area (Å²) in [5.74, 6) is -3.08. The van der Waals surface area contributed by atoms with E-state index in [1.54, 1.807) is 30.3 Å². The summed E-state index contributed by atoms with van der Waals surface area (Å²) in [5.41, 5.74) is -1.54. The van der Waals surface area contributed by atoms with Gasteiger partial charge in [0, 0.05) is 24.7 Å². The van der Waals surface area contributed by atoms with Crippen molar-refractivity contribution in [3.8, 4) is 28.4 Å². The molecule has 0 fully saturated rings. The molecule has 0 radical (unpaired) electrons. The third-order valence-electron chi connectivity index (χ3n) is 5.34. The quantitative estimate of drug-likeness (QED) is 0.363. The minimum atomic E-state index is -3.04. The van der Waals surface area contributed by atoms with Gasteiger partial charge in [-0.1, -0.05) is 18.2 Å². The summed E-state index contributed by atoms with van der Waals surface area (Å²) in [6.07, 6.45) is 0. The Morgan fingerprint density at radius 2 is 1.56 bits per heavy atom. The third-order valence-corrected chi connectivity index (χ3v) is 5.34. The Bertz CT molecular complexity index is 1440. The molecule has 0 aliphatic rings. The fourth-order valence-electron chi connectivity index (χ4n) is 3.73. The monoisotopic (exact) mass is 501 g/mol. The number of hydrogen-bond acceptors (Lipinski definition) is 4.